The molecule has 0 fully saturated rings. The molecular weight excluding hydrogens is 435 g/mol. The second-order valence-corrected chi connectivity index (χ2v) is 7.62. The predicted octanol–water partition coefficient (Wildman–Crippen LogP) is 5.56. The fraction of sp³-hybridized carbons (Fsp3) is 0.174. The topological polar surface area (TPSA) is 60.4 Å². The number of rotatable bonds is 7. The first kappa shape index (κ1) is 21.2. The number of anilines is 1. The van der Waals surface area contributed by atoms with Crippen molar-refractivity contribution >= 4 is 39.9 Å². The summed E-state index contributed by atoms with van der Waals surface area (Å²) in [5.74, 6) is 2.30. The summed E-state index contributed by atoms with van der Waals surface area (Å²) in [6, 6.07) is 17.5. The normalized spacial score (nSPS) is 10.8. The van der Waals surface area contributed by atoms with E-state index in [0.717, 1.165) is 28.0 Å². The molecule has 0 radical (unpaired) electrons. The summed E-state index contributed by atoms with van der Waals surface area (Å²) in [7, 11) is 3.30. The van der Waals surface area contributed by atoms with E-state index >= 15 is 0 Å². The van der Waals surface area contributed by atoms with Gasteiger partial charge in [-0.15, -0.1) is 0 Å². The number of ether oxygens (including phenoxy) is 2. The number of aromatic nitrogens is 3. The van der Waals surface area contributed by atoms with E-state index in [-0.39, 0.29) is 5.28 Å². The molecule has 2 aromatic carbocycles. The van der Waals surface area contributed by atoms with Crippen LogP contribution in [-0.4, -0.2) is 29.2 Å². The molecule has 2 heterocycles. The number of methoxy groups -OCH3 is 2. The third kappa shape index (κ3) is 4.98. The molecule has 0 aliphatic rings. The Bertz CT molecular complexity index is 1130. The highest BCUT2D eigenvalue weighted by Gasteiger charge is 2.17. The number of hydrogen-bond donors (Lipinski definition) is 0. The quantitative estimate of drug-likeness (QED) is 0.269. The van der Waals surface area contributed by atoms with Crippen molar-refractivity contribution in [3.8, 4) is 11.5 Å². The van der Waals surface area contributed by atoms with Crippen LogP contribution in [0.15, 0.2) is 60.8 Å². The molecule has 0 spiro atoms. The number of fused-ring (bicyclic) bond motifs is 1. The molecule has 0 aliphatic heterocycles. The van der Waals surface area contributed by atoms with Crippen molar-refractivity contribution in [2.24, 2.45) is 0 Å². The van der Waals surface area contributed by atoms with Crippen LogP contribution in [0.2, 0.25) is 10.4 Å². The molecule has 4 aromatic rings. The number of benzene rings is 2. The van der Waals surface area contributed by atoms with Crippen LogP contribution in [0, 0.1) is 0 Å². The van der Waals surface area contributed by atoms with E-state index < -0.39 is 0 Å². The molecule has 6 nitrogen and oxygen atoms in total. The highest BCUT2D eigenvalue weighted by molar-refractivity contribution is 6.30. The van der Waals surface area contributed by atoms with Gasteiger partial charge in [0.2, 0.25) is 5.28 Å². The smallest absolute Gasteiger partial charge is 0.224 e. The van der Waals surface area contributed by atoms with Gasteiger partial charge >= 0.3 is 0 Å². The van der Waals surface area contributed by atoms with Crippen LogP contribution in [0.1, 0.15) is 11.1 Å². The molecule has 0 saturated heterocycles. The van der Waals surface area contributed by atoms with Crippen molar-refractivity contribution in [2.75, 3.05) is 19.1 Å². The Balaban J connectivity index is 1.76. The van der Waals surface area contributed by atoms with Crippen LogP contribution < -0.4 is 14.4 Å². The summed E-state index contributed by atoms with van der Waals surface area (Å²) in [5.41, 5.74) is 2.84. The number of hydrogen-bond acceptors (Lipinski definition) is 6. The molecular formula is C23H20Cl2N4O2. The molecule has 158 valence electrons. The van der Waals surface area contributed by atoms with Gasteiger partial charge in [0.25, 0.3) is 0 Å². The Kier molecular flexibility index (Phi) is 6.39. The summed E-state index contributed by atoms with van der Waals surface area (Å²) in [4.78, 5) is 15.2. The first-order chi connectivity index (χ1) is 15.1. The average molecular weight is 455 g/mol. The second-order valence-electron chi connectivity index (χ2n) is 6.89. The minimum Gasteiger partial charge on any atom is -0.497 e. The van der Waals surface area contributed by atoms with E-state index in [1.165, 1.54) is 0 Å². The fourth-order valence-corrected chi connectivity index (χ4v) is 3.63. The maximum Gasteiger partial charge on any atom is 0.224 e. The Morgan fingerprint density at radius 1 is 0.806 bits per heavy atom. The summed E-state index contributed by atoms with van der Waals surface area (Å²) in [6.07, 6.45) is 1.68. The predicted molar refractivity (Wildman–Crippen MR) is 123 cm³/mol. The summed E-state index contributed by atoms with van der Waals surface area (Å²) >= 11 is 12.3. The second kappa shape index (κ2) is 9.37. The van der Waals surface area contributed by atoms with Gasteiger partial charge in [0.05, 0.1) is 25.1 Å². The zero-order valence-electron chi connectivity index (χ0n) is 17.0. The summed E-state index contributed by atoms with van der Waals surface area (Å²) in [5, 5.41) is 1.28. The first-order valence-electron chi connectivity index (χ1n) is 9.55. The van der Waals surface area contributed by atoms with Gasteiger partial charge in [0.15, 0.2) is 0 Å². The van der Waals surface area contributed by atoms with E-state index in [1.807, 2.05) is 48.5 Å². The van der Waals surface area contributed by atoms with Gasteiger partial charge in [-0.2, -0.15) is 4.98 Å². The zero-order valence-corrected chi connectivity index (χ0v) is 18.6. The molecule has 0 amide bonds. The van der Waals surface area contributed by atoms with Crippen molar-refractivity contribution in [1.29, 1.82) is 0 Å². The minimum atomic E-state index is 0.152. The van der Waals surface area contributed by atoms with Crippen LogP contribution in [0.5, 0.6) is 11.5 Å². The number of pyridine rings is 1. The molecule has 4 rings (SSSR count). The maximum atomic E-state index is 6.26. The lowest BCUT2D eigenvalue weighted by molar-refractivity contribution is 0.414. The molecule has 2 aromatic heterocycles. The van der Waals surface area contributed by atoms with Crippen LogP contribution in [0.4, 0.5) is 5.82 Å². The summed E-state index contributed by atoms with van der Waals surface area (Å²) in [6.45, 7) is 1.20. The Morgan fingerprint density at radius 3 is 1.87 bits per heavy atom. The first-order valence-corrected chi connectivity index (χ1v) is 10.3. The van der Waals surface area contributed by atoms with Crippen LogP contribution in [0.3, 0.4) is 0 Å². The molecule has 0 saturated carbocycles. The third-order valence-corrected chi connectivity index (χ3v) is 5.24. The van der Waals surface area contributed by atoms with Gasteiger partial charge < -0.3 is 14.4 Å². The van der Waals surface area contributed by atoms with Gasteiger partial charge in [0.1, 0.15) is 22.5 Å². The van der Waals surface area contributed by atoms with Crippen molar-refractivity contribution in [2.45, 2.75) is 13.1 Å². The Labute approximate surface area is 190 Å². The van der Waals surface area contributed by atoms with Crippen molar-refractivity contribution in [1.82, 2.24) is 15.0 Å². The van der Waals surface area contributed by atoms with Crippen LogP contribution in [-0.2, 0) is 13.1 Å². The van der Waals surface area contributed by atoms with E-state index in [9.17, 15) is 0 Å². The van der Waals surface area contributed by atoms with Gasteiger partial charge in [0, 0.05) is 25.4 Å². The van der Waals surface area contributed by atoms with Gasteiger partial charge in [-0.3, -0.25) is 0 Å². The molecule has 0 aliphatic carbocycles. The highest BCUT2D eigenvalue weighted by Crippen LogP contribution is 2.29. The van der Waals surface area contributed by atoms with E-state index in [4.69, 9.17) is 32.7 Å². The van der Waals surface area contributed by atoms with Gasteiger partial charge in [-0.25, -0.2) is 9.97 Å². The Hall–Kier alpha value is -3.09. The molecule has 0 bridgehead atoms. The minimum absolute atomic E-state index is 0.152. The van der Waals surface area contributed by atoms with Crippen LogP contribution >= 0.6 is 23.2 Å². The largest absolute Gasteiger partial charge is 0.497 e. The lowest BCUT2D eigenvalue weighted by Crippen LogP contribution is -2.24. The van der Waals surface area contributed by atoms with Crippen LogP contribution in [0.25, 0.3) is 10.9 Å². The van der Waals surface area contributed by atoms with Crippen molar-refractivity contribution < 1.29 is 9.47 Å². The van der Waals surface area contributed by atoms with E-state index in [2.05, 4.69) is 19.9 Å². The lowest BCUT2D eigenvalue weighted by Gasteiger charge is -2.25. The molecule has 0 unspecified atom stereocenters. The fourth-order valence-electron chi connectivity index (χ4n) is 3.31. The standard InChI is InChI=1S/C23H20Cl2N4O2/c1-30-17-7-3-15(4-8-17)13-29(14-16-5-9-18(31-2)10-6-16)22-19-12-26-21(24)11-20(19)27-23(25)28-22/h3-12H,13-14H2,1-2H3. The monoisotopic (exact) mass is 454 g/mol. The molecule has 8 heteroatoms. The summed E-state index contributed by atoms with van der Waals surface area (Å²) < 4.78 is 10.6. The average Bonchev–Trinajstić information content (AvgIpc) is 2.78. The van der Waals surface area contributed by atoms with E-state index in [1.54, 1.807) is 26.5 Å². The van der Waals surface area contributed by atoms with Crippen molar-refractivity contribution in [3.63, 3.8) is 0 Å². The number of nitrogens with zero attached hydrogens (tertiary/aromatic N) is 4. The highest BCUT2D eigenvalue weighted by atomic mass is 35.5. The maximum absolute atomic E-state index is 6.26. The molecule has 0 atom stereocenters. The van der Waals surface area contributed by atoms with Gasteiger partial charge in [-0.05, 0) is 47.0 Å². The lowest BCUT2D eigenvalue weighted by atomic mass is 10.1. The molecule has 31 heavy (non-hydrogen) atoms. The molecule has 0 N–H and O–H groups in total. The zero-order chi connectivity index (χ0) is 21.8. The van der Waals surface area contributed by atoms with Gasteiger partial charge in [-0.1, -0.05) is 35.9 Å². The number of halogens is 2. The SMILES string of the molecule is COc1ccc(CN(Cc2ccc(OC)cc2)c2nc(Cl)nc3cc(Cl)ncc23)cc1. The van der Waals surface area contributed by atoms with E-state index in [0.29, 0.717) is 29.6 Å². The third-order valence-electron chi connectivity index (χ3n) is 4.87. The van der Waals surface area contributed by atoms with Crippen molar-refractivity contribution in [3.05, 3.63) is 82.4 Å². The Morgan fingerprint density at radius 2 is 1.35 bits per heavy atom.